The van der Waals surface area contributed by atoms with Crippen LogP contribution in [0.5, 0.6) is 0 Å². The lowest BCUT2D eigenvalue weighted by atomic mass is 9.80. The Bertz CT molecular complexity index is 769. The number of carbonyl (C=O) groups is 2. The summed E-state index contributed by atoms with van der Waals surface area (Å²) in [5.74, 6) is 0.826. The van der Waals surface area contributed by atoms with E-state index in [0.717, 1.165) is 64.6 Å². The fourth-order valence-corrected chi connectivity index (χ4v) is 7.82. The van der Waals surface area contributed by atoms with Gasteiger partial charge in [0.05, 0.1) is 5.75 Å². The van der Waals surface area contributed by atoms with Crippen molar-refractivity contribution in [2.45, 2.75) is 110 Å². The highest BCUT2D eigenvalue weighted by Crippen LogP contribution is 2.58. The molecule has 2 rings (SSSR count). The van der Waals surface area contributed by atoms with Crippen molar-refractivity contribution in [1.82, 2.24) is 10.0 Å². The number of carbonyl (C=O) groups excluding carboxylic acids is 2. The Kier molecular flexibility index (Phi) is 14.1. The van der Waals surface area contributed by atoms with Crippen LogP contribution in [0.25, 0.3) is 0 Å². The minimum atomic E-state index is -3.37. The van der Waals surface area contributed by atoms with E-state index in [2.05, 4.69) is 23.9 Å². The Hall–Kier alpha value is -0.830. The zero-order valence-electron chi connectivity index (χ0n) is 23.0. The summed E-state index contributed by atoms with van der Waals surface area (Å²) in [4.78, 5) is 24.4. The average molecular weight is 528 g/mol. The van der Waals surface area contributed by atoms with Crippen molar-refractivity contribution in [2.24, 2.45) is 28.9 Å². The molecule has 0 aromatic carbocycles. The van der Waals surface area contributed by atoms with Crippen LogP contribution in [0, 0.1) is 23.2 Å². The fraction of sp³-hybridized carbons (Fsp3) is 0.929. The van der Waals surface area contributed by atoms with E-state index in [4.69, 9.17) is 5.73 Å². The van der Waals surface area contributed by atoms with Crippen LogP contribution in [-0.2, 0) is 19.6 Å². The van der Waals surface area contributed by atoms with E-state index >= 15 is 0 Å². The molecule has 36 heavy (non-hydrogen) atoms. The van der Waals surface area contributed by atoms with E-state index in [1.165, 1.54) is 32.1 Å². The molecule has 2 aliphatic carbocycles. The number of rotatable bonds is 22. The van der Waals surface area contributed by atoms with E-state index in [1.54, 1.807) is 0 Å². The van der Waals surface area contributed by atoms with Crippen LogP contribution in [0.3, 0.4) is 0 Å². The van der Waals surface area contributed by atoms with Gasteiger partial charge in [0.25, 0.3) is 0 Å². The molecule has 0 radical (unpaired) electrons. The molecular formula is C28H53N3O4S. The Labute approximate surface area is 220 Å². The standard InChI is InChI=1S/C28H53N3O4S/c1-28(2)24-20-23(27(28)26(33)21-24)22-36(34,35)31-19-12-8-10-15-25(32)14-9-6-4-3-5-7-11-17-30-18-13-16-29/h23-24,27,30-31H,3-22,29H2,1-2H3. The monoisotopic (exact) mass is 527 g/mol. The summed E-state index contributed by atoms with van der Waals surface area (Å²) in [6.07, 6.45) is 14.6. The molecule has 3 atom stereocenters. The molecule has 7 nitrogen and oxygen atoms in total. The van der Waals surface area contributed by atoms with Crippen LogP contribution in [0.2, 0.25) is 0 Å². The smallest absolute Gasteiger partial charge is 0.211 e. The van der Waals surface area contributed by atoms with E-state index in [0.29, 0.717) is 37.5 Å². The van der Waals surface area contributed by atoms with Gasteiger partial charge in [0, 0.05) is 31.7 Å². The predicted octanol–water partition coefficient (Wildman–Crippen LogP) is 4.35. The molecule has 3 unspecified atom stereocenters. The molecule has 2 bridgehead atoms. The summed E-state index contributed by atoms with van der Waals surface area (Å²) in [5, 5.41) is 3.41. The minimum Gasteiger partial charge on any atom is -0.330 e. The van der Waals surface area contributed by atoms with Gasteiger partial charge in [0.2, 0.25) is 10.0 Å². The maximum atomic E-state index is 12.5. The van der Waals surface area contributed by atoms with Crippen molar-refractivity contribution < 1.29 is 18.0 Å². The zero-order valence-corrected chi connectivity index (χ0v) is 23.8. The molecule has 0 spiro atoms. The lowest BCUT2D eigenvalue weighted by Gasteiger charge is -2.25. The molecule has 4 N–H and O–H groups in total. The summed E-state index contributed by atoms with van der Waals surface area (Å²) < 4.78 is 27.8. The number of sulfonamides is 1. The van der Waals surface area contributed by atoms with Gasteiger partial charge in [-0.2, -0.15) is 0 Å². The highest BCUT2D eigenvalue weighted by Gasteiger charge is 2.58. The van der Waals surface area contributed by atoms with Crippen molar-refractivity contribution >= 4 is 21.6 Å². The van der Waals surface area contributed by atoms with Gasteiger partial charge >= 0.3 is 0 Å². The molecule has 0 saturated heterocycles. The predicted molar refractivity (Wildman–Crippen MR) is 147 cm³/mol. The first kappa shape index (κ1) is 31.4. The van der Waals surface area contributed by atoms with Gasteiger partial charge in [-0.15, -0.1) is 0 Å². The number of unbranched alkanes of at least 4 members (excludes halogenated alkanes) is 8. The fourth-order valence-electron chi connectivity index (χ4n) is 6.35. The van der Waals surface area contributed by atoms with Crippen molar-refractivity contribution in [3.63, 3.8) is 0 Å². The average Bonchev–Trinajstić information content (AvgIpc) is 3.17. The maximum Gasteiger partial charge on any atom is 0.211 e. The van der Waals surface area contributed by atoms with E-state index < -0.39 is 10.0 Å². The molecule has 210 valence electrons. The van der Waals surface area contributed by atoms with Crippen molar-refractivity contribution in [2.75, 3.05) is 31.9 Å². The molecule has 8 heteroatoms. The van der Waals surface area contributed by atoms with E-state index in [1.807, 2.05) is 0 Å². The normalized spacial score (nSPS) is 23.0. The second-order valence-electron chi connectivity index (χ2n) is 11.8. The van der Waals surface area contributed by atoms with Gasteiger partial charge in [-0.1, -0.05) is 52.4 Å². The SMILES string of the molecule is CC1(C)C2CC(=O)C1C(CS(=O)(=O)NCCCCCC(=O)CCCCCCCCCNCCCN)C2. The molecule has 0 heterocycles. The summed E-state index contributed by atoms with van der Waals surface area (Å²) in [6, 6.07) is 0. The second-order valence-corrected chi connectivity index (χ2v) is 13.7. The third kappa shape index (κ3) is 10.9. The number of fused-ring (bicyclic) bond motifs is 2. The van der Waals surface area contributed by atoms with E-state index in [-0.39, 0.29) is 28.8 Å². The first-order valence-corrected chi connectivity index (χ1v) is 16.2. The minimum absolute atomic E-state index is 0.0461. The van der Waals surface area contributed by atoms with Gasteiger partial charge in [-0.25, -0.2) is 13.1 Å². The molecule has 0 amide bonds. The molecule has 0 aromatic rings. The Morgan fingerprint density at radius 2 is 1.44 bits per heavy atom. The van der Waals surface area contributed by atoms with Crippen LogP contribution in [-0.4, -0.2) is 51.9 Å². The molecule has 0 aromatic heterocycles. The first-order valence-electron chi connectivity index (χ1n) is 14.6. The van der Waals surface area contributed by atoms with Crippen LogP contribution in [0.1, 0.15) is 110 Å². The van der Waals surface area contributed by atoms with E-state index in [9.17, 15) is 18.0 Å². The maximum absolute atomic E-state index is 12.5. The number of nitrogens with one attached hydrogen (secondary N) is 2. The summed E-state index contributed by atoms with van der Waals surface area (Å²) in [7, 11) is -3.37. The zero-order chi connectivity index (χ0) is 26.4. The second kappa shape index (κ2) is 16.2. The number of ketones is 2. The quantitative estimate of drug-likeness (QED) is 0.180. The van der Waals surface area contributed by atoms with Crippen molar-refractivity contribution in [3.05, 3.63) is 0 Å². The van der Waals surface area contributed by atoms with Gasteiger partial charge in [0.1, 0.15) is 11.6 Å². The summed E-state index contributed by atoms with van der Waals surface area (Å²) >= 11 is 0. The summed E-state index contributed by atoms with van der Waals surface area (Å²) in [6.45, 7) is 7.50. The molecule has 0 aliphatic heterocycles. The van der Waals surface area contributed by atoms with Gasteiger partial charge < -0.3 is 11.1 Å². The number of hydrogen-bond acceptors (Lipinski definition) is 6. The van der Waals surface area contributed by atoms with Crippen LogP contribution < -0.4 is 15.8 Å². The van der Waals surface area contributed by atoms with Gasteiger partial charge in [-0.05, 0) is 75.4 Å². The Morgan fingerprint density at radius 1 is 0.889 bits per heavy atom. The van der Waals surface area contributed by atoms with Crippen LogP contribution >= 0.6 is 0 Å². The Morgan fingerprint density at radius 3 is 2.06 bits per heavy atom. The topological polar surface area (TPSA) is 118 Å². The Balaban J connectivity index is 1.40. The lowest BCUT2D eigenvalue weighted by molar-refractivity contribution is -0.124. The molecule has 2 saturated carbocycles. The largest absolute Gasteiger partial charge is 0.330 e. The number of nitrogens with two attached hydrogens (primary N) is 1. The third-order valence-corrected chi connectivity index (χ3v) is 9.97. The summed E-state index contributed by atoms with van der Waals surface area (Å²) in [5.41, 5.74) is 5.41. The first-order chi connectivity index (χ1) is 17.2. The van der Waals surface area contributed by atoms with Gasteiger partial charge in [-0.3, -0.25) is 9.59 Å². The van der Waals surface area contributed by atoms with Crippen LogP contribution in [0.4, 0.5) is 0 Å². The van der Waals surface area contributed by atoms with Crippen LogP contribution in [0.15, 0.2) is 0 Å². The molecule has 2 fully saturated rings. The molecular weight excluding hydrogens is 474 g/mol. The highest BCUT2D eigenvalue weighted by molar-refractivity contribution is 7.89. The number of Topliss-reactive ketones (excluding diaryl/α,β-unsaturated/α-hetero) is 2. The third-order valence-electron chi connectivity index (χ3n) is 8.46. The highest BCUT2D eigenvalue weighted by atomic mass is 32.2. The number of hydrogen-bond donors (Lipinski definition) is 3. The lowest BCUT2D eigenvalue weighted by Crippen LogP contribution is -2.35. The molecule has 2 aliphatic rings. The van der Waals surface area contributed by atoms with Gasteiger partial charge in [0.15, 0.2) is 0 Å². The van der Waals surface area contributed by atoms with Crippen molar-refractivity contribution in [1.29, 1.82) is 0 Å². The van der Waals surface area contributed by atoms with Crippen molar-refractivity contribution in [3.8, 4) is 0 Å².